The van der Waals surface area contributed by atoms with Crippen molar-refractivity contribution in [3.05, 3.63) is 41.0 Å². The van der Waals surface area contributed by atoms with E-state index in [-0.39, 0.29) is 5.56 Å². The number of rotatable bonds is 1. The first-order valence-electron chi connectivity index (χ1n) is 5.42. The van der Waals surface area contributed by atoms with Crippen molar-refractivity contribution in [3.8, 4) is 0 Å². The molecule has 1 heterocycles. The summed E-state index contributed by atoms with van der Waals surface area (Å²) in [6, 6.07) is 2.69. The van der Waals surface area contributed by atoms with E-state index in [1.165, 1.54) is 13.8 Å². The zero-order valence-electron chi connectivity index (χ0n) is 10.2. The zero-order valence-corrected chi connectivity index (χ0v) is 10.2. The van der Waals surface area contributed by atoms with Crippen molar-refractivity contribution in [2.45, 2.75) is 19.6 Å². The standard InChI is InChI=1S/C13H10F2O4/c1-13(2)18-11(16)9(12(17)19-13)6-7-5-8(14)3-4-10(7)15/h3-6H,1-2H3. The van der Waals surface area contributed by atoms with E-state index in [1.54, 1.807) is 0 Å². The summed E-state index contributed by atoms with van der Waals surface area (Å²) in [5.74, 6) is -4.70. The zero-order chi connectivity index (χ0) is 14.2. The summed E-state index contributed by atoms with van der Waals surface area (Å²) in [4.78, 5) is 23.2. The number of carbonyl (C=O) groups is 2. The minimum Gasteiger partial charge on any atom is -0.419 e. The van der Waals surface area contributed by atoms with Gasteiger partial charge in [-0.1, -0.05) is 0 Å². The first-order chi connectivity index (χ1) is 8.78. The number of carbonyl (C=O) groups excluding carboxylic acids is 2. The SMILES string of the molecule is CC1(C)OC(=O)C(=Cc2cc(F)ccc2F)C(=O)O1. The van der Waals surface area contributed by atoms with Gasteiger partial charge >= 0.3 is 11.9 Å². The second-order valence-electron chi connectivity index (χ2n) is 4.40. The Bertz CT molecular complexity index is 568. The molecule has 1 fully saturated rings. The van der Waals surface area contributed by atoms with Crippen LogP contribution in [0.5, 0.6) is 0 Å². The largest absolute Gasteiger partial charge is 0.419 e. The minimum atomic E-state index is -1.37. The third-order valence-electron chi connectivity index (χ3n) is 2.37. The van der Waals surface area contributed by atoms with Crippen LogP contribution in [0.3, 0.4) is 0 Å². The fraction of sp³-hybridized carbons (Fsp3) is 0.231. The van der Waals surface area contributed by atoms with Crippen LogP contribution < -0.4 is 0 Å². The van der Waals surface area contributed by atoms with Crippen molar-refractivity contribution in [2.24, 2.45) is 0 Å². The van der Waals surface area contributed by atoms with Gasteiger partial charge < -0.3 is 9.47 Å². The molecule has 1 saturated heterocycles. The molecule has 0 unspecified atom stereocenters. The predicted molar refractivity (Wildman–Crippen MR) is 60.6 cm³/mol. The molecule has 100 valence electrons. The van der Waals surface area contributed by atoms with Crippen LogP contribution in [0.15, 0.2) is 23.8 Å². The number of esters is 2. The van der Waals surface area contributed by atoms with Gasteiger partial charge in [-0.2, -0.15) is 0 Å². The fourth-order valence-electron chi connectivity index (χ4n) is 1.56. The van der Waals surface area contributed by atoms with Gasteiger partial charge in [0.25, 0.3) is 5.79 Å². The van der Waals surface area contributed by atoms with Gasteiger partial charge in [-0.05, 0) is 24.3 Å². The lowest BCUT2D eigenvalue weighted by Crippen LogP contribution is -2.41. The summed E-state index contributed by atoms with van der Waals surface area (Å²) in [6.07, 6.45) is 0.901. The Kier molecular flexibility index (Phi) is 3.09. The molecule has 2 rings (SSSR count). The second-order valence-corrected chi connectivity index (χ2v) is 4.40. The Hall–Kier alpha value is -2.24. The Morgan fingerprint density at radius 2 is 1.68 bits per heavy atom. The van der Waals surface area contributed by atoms with Crippen LogP contribution in [-0.4, -0.2) is 17.7 Å². The van der Waals surface area contributed by atoms with Gasteiger partial charge in [0.05, 0.1) is 0 Å². The van der Waals surface area contributed by atoms with Crippen LogP contribution in [-0.2, 0) is 19.1 Å². The lowest BCUT2D eigenvalue weighted by Gasteiger charge is -2.29. The van der Waals surface area contributed by atoms with Gasteiger partial charge in [-0.15, -0.1) is 0 Å². The van der Waals surface area contributed by atoms with Crippen molar-refractivity contribution in [1.82, 2.24) is 0 Å². The number of hydrogen-bond acceptors (Lipinski definition) is 4. The average Bonchev–Trinajstić information content (AvgIpc) is 2.26. The molecule has 6 heteroatoms. The maximum absolute atomic E-state index is 13.4. The van der Waals surface area contributed by atoms with E-state index in [0.717, 1.165) is 24.3 Å². The molecule has 19 heavy (non-hydrogen) atoms. The normalized spacial score (nSPS) is 17.8. The predicted octanol–water partition coefficient (Wildman–Crippen LogP) is 2.18. The first kappa shape index (κ1) is 13.2. The van der Waals surface area contributed by atoms with Gasteiger partial charge in [0.15, 0.2) is 0 Å². The van der Waals surface area contributed by atoms with Gasteiger partial charge in [0.1, 0.15) is 17.2 Å². The maximum Gasteiger partial charge on any atom is 0.348 e. The van der Waals surface area contributed by atoms with Crippen molar-refractivity contribution < 1.29 is 27.8 Å². The molecule has 4 nitrogen and oxygen atoms in total. The topological polar surface area (TPSA) is 52.6 Å². The summed E-state index contributed by atoms with van der Waals surface area (Å²) in [7, 11) is 0. The van der Waals surface area contributed by atoms with E-state index in [9.17, 15) is 18.4 Å². The number of halogens is 2. The van der Waals surface area contributed by atoms with Gasteiger partial charge in [-0.3, -0.25) is 0 Å². The number of cyclic esters (lactones) is 2. The lowest BCUT2D eigenvalue weighted by atomic mass is 10.1. The highest BCUT2D eigenvalue weighted by molar-refractivity contribution is 6.18. The van der Waals surface area contributed by atoms with Crippen LogP contribution in [0.2, 0.25) is 0 Å². The summed E-state index contributed by atoms with van der Waals surface area (Å²) >= 11 is 0. The Balaban J connectivity index is 2.41. The van der Waals surface area contributed by atoms with E-state index in [4.69, 9.17) is 9.47 Å². The summed E-state index contributed by atoms with van der Waals surface area (Å²) in [5, 5.41) is 0. The van der Waals surface area contributed by atoms with E-state index in [0.29, 0.717) is 0 Å². The van der Waals surface area contributed by atoms with Gasteiger partial charge in [0, 0.05) is 19.4 Å². The minimum absolute atomic E-state index is 0.233. The molecule has 0 saturated carbocycles. The highest BCUT2D eigenvalue weighted by Crippen LogP contribution is 2.24. The van der Waals surface area contributed by atoms with Crippen molar-refractivity contribution in [1.29, 1.82) is 0 Å². The van der Waals surface area contributed by atoms with Crippen LogP contribution in [0.25, 0.3) is 6.08 Å². The van der Waals surface area contributed by atoms with Crippen molar-refractivity contribution in [2.75, 3.05) is 0 Å². The second kappa shape index (κ2) is 4.46. The van der Waals surface area contributed by atoms with Crippen molar-refractivity contribution in [3.63, 3.8) is 0 Å². The molecular weight excluding hydrogens is 258 g/mol. The molecular formula is C13H10F2O4. The van der Waals surface area contributed by atoms with Gasteiger partial charge in [-0.25, -0.2) is 18.4 Å². The third kappa shape index (κ3) is 2.78. The average molecular weight is 268 g/mol. The van der Waals surface area contributed by atoms with Crippen LogP contribution >= 0.6 is 0 Å². The van der Waals surface area contributed by atoms with Crippen LogP contribution in [0.1, 0.15) is 19.4 Å². The summed E-state index contributed by atoms with van der Waals surface area (Å²) in [5.41, 5.74) is -0.715. The van der Waals surface area contributed by atoms with Gasteiger partial charge in [0.2, 0.25) is 0 Å². The molecule has 0 amide bonds. The highest BCUT2D eigenvalue weighted by atomic mass is 19.1. The summed E-state index contributed by atoms with van der Waals surface area (Å²) < 4.78 is 36.1. The van der Waals surface area contributed by atoms with Crippen molar-refractivity contribution >= 4 is 18.0 Å². The molecule has 1 aliphatic rings. The Morgan fingerprint density at radius 3 is 2.26 bits per heavy atom. The molecule has 0 aliphatic carbocycles. The number of benzene rings is 1. The third-order valence-corrected chi connectivity index (χ3v) is 2.37. The molecule has 1 aromatic rings. The van der Waals surface area contributed by atoms with E-state index >= 15 is 0 Å². The van der Waals surface area contributed by atoms with E-state index in [1.807, 2.05) is 0 Å². The monoisotopic (exact) mass is 268 g/mol. The Morgan fingerprint density at radius 1 is 1.11 bits per heavy atom. The number of ether oxygens (including phenoxy) is 2. The van der Waals surface area contributed by atoms with Crippen LogP contribution in [0, 0.1) is 11.6 Å². The quantitative estimate of drug-likeness (QED) is 0.445. The highest BCUT2D eigenvalue weighted by Gasteiger charge is 2.38. The molecule has 0 N–H and O–H groups in total. The maximum atomic E-state index is 13.4. The molecule has 1 aromatic carbocycles. The van der Waals surface area contributed by atoms with E-state index in [2.05, 4.69) is 0 Å². The lowest BCUT2D eigenvalue weighted by molar-refractivity contribution is -0.222. The molecule has 0 radical (unpaired) electrons. The van der Waals surface area contributed by atoms with E-state index < -0.39 is 34.9 Å². The first-order valence-corrected chi connectivity index (χ1v) is 5.42. The fourth-order valence-corrected chi connectivity index (χ4v) is 1.56. The molecule has 1 aliphatic heterocycles. The number of hydrogen-bond donors (Lipinski definition) is 0. The Labute approximate surface area is 107 Å². The smallest absolute Gasteiger partial charge is 0.348 e. The molecule has 0 atom stereocenters. The molecule has 0 aromatic heterocycles. The summed E-state index contributed by atoms with van der Waals surface area (Å²) in [6.45, 7) is 2.78. The van der Waals surface area contributed by atoms with Crippen LogP contribution in [0.4, 0.5) is 8.78 Å². The molecule has 0 spiro atoms. The molecule has 0 bridgehead atoms.